The van der Waals surface area contributed by atoms with Crippen LogP contribution in [0.5, 0.6) is 0 Å². The van der Waals surface area contributed by atoms with Crippen molar-refractivity contribution in [2.75, 3.05) is 13.6 Å². The van der Waals surface area contributed by atoms with E-state index in [9.17, 15) is 0 Å². The first-order valence-corrected chi connectivity index (χ1v) is 5.42. The fourth-order valence-corrected chi connectivity index (χ4v) is 1.96. The molecular weight excluding hydrogens is 242 g/mol. The van der Waals surface area contributed by atoms with E-state index in [4.69, 9.17) is 4.42 Å². The zero-order valence-corrected chi connectivity index (χ0v) is 9.60. The predicted molar refractivity (Wildman–Crippen MR) is 61.5 cm³/mol. The number of para-hydroxylation sites is 1. The molecule has 0 aliphatic carbocycles. The Bertz CT molecular complexity index is 436. The highest BCUT2D eigenvalue weighted by atomic mass is 79.9. The second-order valence-electron chi connectivity index (χ2n) is 3.24. The third-order valence-electron chi connectivity index (χ3n) is 2.24. The third-order valence-corrected chi connectivity index (χ3v) is 2.63. The summed E-state index contributed by atoms with van der Waals surface area (Å²) in [5, 5.41) is 4.29. The molecule has 0 bridgehead atoms. The Morgan fingerprint density at radius 1 is 1.43 bits per heavy atom. The summed E-state index contributed by atoms with van der Waals surface area (Å²) >= 11 is 3.34. The molecule has 1 N–H and O–H groups in total. The molecule has 1 aromatic heterocycles. The quantitative estimate of drug-likeness (QED) is 0.910. The van der Waals surface area contributed by atoms with Crippen LogP contribution >= 0.6 is 15.9 Å². The van der Waals surface area contributed by atoms with Crippen LogP contribution in [-0.2, 0) is 6.42 Å². The largest absolute Gasteiger partial charge is 0.449 e. The summed E-state index contributed by atoms with van der Waals surface area (Å²) in [5.74, 6) is 0. The first-order chi connectivity index (χ1) is 6.81. The average molecular weight is 254 g/mol. The van der Waals surface area contributed by atoms with Crippen LogP contribution in [0.25, 0.3) is 11.0 Å². The number of fused-ring (bicyclic) bond motifs is 1. The van der Waals surface area contributed by atoms with Gasteiger partial charge in [0, 0.05) is 5.39 Å². The summed E-state index contributed by atoms with van der Waals surface area (Å²) in [6.45, 7) is 0.970. The van der Waals surface area contributed by atoms with Gasteiger partial charge in [0.15, 0.2) is 4.67 Å². The maximum atomic E-state index is 5.58. The van der Waals surface area contributed by atoms with Crippen molar-refractivity contribution in [3.8, 4) is 0 Å². The van der Waals surface area contributed by atoms with E-state index < -0.39 is 0 Å². The molecule has 2 nitrogen and oxygen atoms in total. The van der Waals surface area contributed by atoms with Crippen molar-refractivity contribution in [1.82, 2.24) is 5.32 Å². The average Bonchev–Trinajstić information content (AvgIpc) is 2.55. The lowest BCUT2D eigenvalue weighted by Crippen LogP contribution is -2.10. The Morgan fingerprint density at radius 3 is 3.07 bits per heavy atom. The molecule has 0 spiro atoms. The highest BCUT2D eigenvalue weighted by molar-refractivity contribution is 9.10. The minimum atomic E-state index is 0.796. The van der Waals surface area contributed by atoms with Gasteiger partial charge in [-0.3, -0.25) is 0 Å². The van der Waals surface area contributed by atoms with Crippen molar-refractivity contribution in [1.29, 1.82) is 0 Å². The van der Waals surface area contributed by atoms with E-state index in [1.165, 1.54) is 5.56 Å². The predicted octanol–water partition coefficient (Wildman–Crippen LogP) is 2.96. The lowest BCUT2D eigenvalue weighted by Gasteiger charge is -2.00. The fraction of sp³-hybridized carbons (Fsp3) is 0.273. The van der Waals surface area contributed by atoms with Crippen molar-refractivity contribution in [2.45, 2.75) is 6.42 Å². The van der Waals surface area contributed by atoms with Gasteiger partial charge < -0.3 is 9.73 Å². The van der Waals surface area contributed by atoms with Crippen LogP contribution < -0.4 is 5.32 Å². The molecular formula is C11H12BrNO. The molecule has 74 valence electrons. The Labute approximate surface area is 91.4 Å². The van der Waals surface area contributed by atoms with Crippen molar-refractivity contribution in [2.24, 2.45) is 0 Å². The Morgan fingerprint density at radius 2 is 2.29 bits per heavy atom. The second kappa shape index (κ2) is 4.15. The number of hydrogen-bond donors (Lipinski definition) is 1. The van der Waals surface area contributed by atoms with E-state index >= 15 is 0 Å². The molecule has 0 amide bonds. The molecule has 0 unspecified atom stereocenters. The monoisotopic (exact) mass is 253 g/mol. The number of likely N-dealkylation sites (N-methyl/N-ethyl adjacent to an activating group) is 1. The van der Waals surface area contributed by atoms with Crippen molar-refractivity contribution in [3.63, 3.8) is 0 Å². The van der Waals surface area contributed by atoms with Crippen LogP contribution in [0, 0.1) is 0 Å². The van der Waals surface area contributed by atoms with E-state index in [1.54, 1.807) is 0 Å². The molecule has 14 heavy (non-hydrogen) atoms. The van der Waals surface area contributed by atoms with Gasteiger partial charge >= 0.3 is 0 Å². The van der Waals surface area contributed by atoms with Crippen LogP contribution in [-0.4, -0.2) is 13.6 Å². The molecule has 3 heteroatoms. The summed E-state index contributed by atoms with van der Waals surface area (Å²) in [6, 6.07) is 8.23. The minimum absolute atomic E-state index is 0.796. The molecule has 0 fully saturated rings. The molecule has 0 radical (unpaired) electrons. The molecule has 0 saturated carbocycles. The molecule has 0 aliphatic heterocycles. The van der Waals surface area contributed by atoms with Crippen LogP contribution in [0.1, 0.15) is 5.56 Å². The molecule has 0 aliphatic rings. The lowest BCUT2D eigenvalue weighted by molar-refractivity contribution is 0.582. The van der Waals surface area contributed by atoms with Crippen LogP contribution in [0.2, 0.25) is 0 Å². The Kier molecular flexibility index (Phi) is 2.89. The van der Waals surface area contributed by atoms with Crippen LogP contribution in [0.3, 0.4) is 0 Å². The van der Waals surface area contributed by atoms with Gasteiger partial charge in [-0.25, -0.2) is 0 Å². The second-order valence-corrected chi connectivity index (χ2v) is 4.02. The van der Waals surface area contributed by atoms with Gasteiger partial charge in [-0.1, -0.05) is 18.2 Å². The fourth-order valence-electron chi connectivity index (χ4n) is 1.55. The minimum Gasteiger partial charge on any atom is -0.449 e. The zero-order valence-electron chi connectivity index (χ0n) is 8.01. The van der Waals surface area contributed by atoms with Gasteiger partial charge in [-0.15, -0.1) is 0 Å². The van der Waals surface area contributed by atoms with Gasteiger partial charge in [0.2, 0.25) is 0 Å². The Balaban J connectivity index is 2.42. The summed E-state index contributed by atoms with van der Waals surface area (Å²) in [5.41, 5.74) is 2.25. The Hall–Kier alpha value is -0.800. The standard InChI is InChI=1S/C11H12BrNO/c1-13-6-5-8-3-2-4-9-7-10(12)14-11(8)9/h2-4,7,13H,5-6H2,1H3. The SMILES string of the molecule is CNCCc1cccc2cc(Br)oc12. The number of hydrogen-bond acceptors (Lipinski definition) is 2. The third kappa shape index (κ3) is 1.83. The van der Waals surface area contributed by atoms with Crippen molar-refractivity contribution in [3.05, 3.63) is 34.5 Å². The number of benzene rings is 1. The highest BCUT2D eigenvalue weighted by Crippen LogP contribution is 2.26. The molecule has 1 heterocycles. The summed E-state index contributed by atoms with van der Waals surface area (Å²) in [4.78, 5) is 0. The van der Waals surface area contributed by atoms with E-state index in [2.05, 4.69) is 39.4 Å². The maximum absolute atomic E-state index is 5.58. The van der Waals surface area contributed by atoms with Gasteiger partial charge in [0.1, 0.15) is 5.58 Å². The van der Waals surface area contributed by atoms with Crippen LogP contribution in [0.15, 0.2) is 33.4 Å². The number of furan rings is 1. The summed E-state index contributed by atoms with van der Waals surface area (Å²) in [7, 11) is 1.96. The van der Waals surface area contributed by atoms with E-state index in [0.29, 0.717) is 0 Å². The van der Waals surface area contributed by atoms with Gasteiger partial charge in [0.05, 0.1) is 0 Å². The van der Waals surface area contributed by atoms with Gasteiger partial charge in [-0.05, 0) is 47.6 Å². The topological polar surface area (TPSA) is 25.2 Å². The lowest BCUT2D eigenvalue weighted by atomic mass is 10.1. The molecule has 1 aromatic carbocycles. The molecule has 0 atom stereocenters. The van der Waals surface area contributed by atoms with E-state index in [-0.39, 0.29) is 0 Å². The van der Waals surface area contributed by atoms with Crippen molar-refractivity contribution >= 4 is 26.9 Å². The van der Waals surface area contributed by atoms with E-state index in [1.807, 2.05) is 13.1 Å². The molecule has 2 aromatic rings. The number of rotatable bonds is 3. The maximum Gasteiger partial charge on any atom is 0.170 e. The number of halogens is 1. The van der Waals surface area contributed by atoms with E-state index in [0.717, 1.165) is 28.6 Å². The van der Waals surface area contributed by atoms with Gasteiger partial charge in [-0.2, -0.15) is 0 Å². The van der Waals surface area contributed by atoms with Crippen molar-refractivity contribution < 1.29 is 4.42 Å². The molecule has 0 saturated heterocycles. The smallest absolute Gasteiger partial charge is 0.170 e. The summed E-state index contributed by atoms with van der Waals surface area (Å²) < 4.78 is 6.38. The zero-order chi connectivity index (χ0) is 9.97. The van der Waals surface area contributed by atoms with Crippen LogP contribution in [0.4, 0.5) is 0 Å². The normalized spacial score (nSPS) is 11.0. The summed E-state index contributed by atoms with van der Waals surface area (Å²) in [6.07, 6.45) is 0.994. The first-order valence-electron chi connectivity index (χ1n) is 4.63. The van der Waals surface area contributed by atoms with Gasteiger partial charge in [0.25, 0.3) is 0 Å². The highest BCUT2D eigenvalue weighted by Gasteiger charge is 2.05. The molecule has 2 rings (SSSR count). The number of nitrogens with one attached hydrogen (secondary N) is 1. The first kappa shape index (κ1) is 9.74.